The molecule has 0 aliphatic carbocycles. The van der Waals surface area contributed by atoms with Crippen LogP contribution in [0.2, 0.25) is 0 Å². The van der Waals surface area contributed by atoms with E-state index in [0.29, 0.717) is 18.2 Å². The highest BCUT2D eigenvalue weighted by atomic mass is 32.1. The molecule has 0 unspecified atom stereocenters. The molecule has 0 spiro atoms. The topological polar surface area (TPSA) is 52.6 Å². The Balaban J connectivity index is 1.82. The number of pyridine rings is 1. The predicted molar refractivity (Wildman–Crippen MR) is 128 cm³/mol. The van der Waals surface area contributed by atoms with Crippen LogP contribution >= 0.6 is 12.2 Å². The maximum atomic E-state index is 12.8. The van der Waals surface area contributed by atoms with E-state index in [-0.39, 0.29) is 5.56 Å². The second kappa shape index (κ2) is 9.87. The number of rotatable bonds is 7. The summed E-state index contributed by atoms with van der Waals surface area (Å²) in [6, 6.07) is 16.4. The van der Waals surface area contributed by atoms with Gasteiger partial charge in [-0.1, -0.05) is 36.4 Å². The number of aromatic nitrogens is 1. The molecule has 0 atom stereocenters. The molecule has 158 valence electrons. The van der Waals surface area contributed by atoms with Gasteiger partial charge in [-0.3, -0.25) is 4.79 Å². The van der Waals surface area contributed by atoms with Crippen LogP contribution in [0.25, 0.3) is 10.9 Å². The van der Waals surface area contributed by atoms with Crippen LogP contribution in [-0.2, 0) is 13.1 Å². The van der Waals surface area contributed by atoms with Gasteiger partial charge in [0.1, 0.15) is 0 Å². The zero-order valence-corrected chi connectivity index (χ0v) is 19.0. The van der Waals surface area contributed by atoms with E-state index in [1.54, 1.807) is 0 Å². The Labute approximate surface area is 183 Å². The Hall–Kier alpha value is -2.70. The monoisotopic (exact) mass is 423 g/mol. The Morgan fingerprint density at radius 2 is 1.87 bits per heavy atom. The van der Waals surface area contributed by atoms with Crippen LogP contribution in [0.1, 0.15) is 22.3 Å². The van der Waals surface area contributed by atoms with Crippen molar-refractivity contribution in [2.24, 2.45) is 0 Å². The fourth-order valence-electron chi connectivity index (χ4n) is 3.54. The Morgan fingerprint density at radius 1 is 1.13 bits per heavy atom. The van der Waals surface area contributed by atoms with E-state index in [1.165, 1.54) is 10.5 Å². The van der Waals surface area contributed by atoms with Crippen molar-refractivity contribution in [3.05, 3.63) is 81.1 Å². The lowest BCUT2D eigenvalue weighted by Crippen LogP contribution is -3.06. The summed E-state index contributed by atoms with van der Waals surface area (Å²) in [5, 5.41) is 5.10. The number of likely N-dealkylation sites (N-methyl/N-ethyl adjacent to an activating group) is 1. The van der Waals surface area contributed by atoms with E-state index >= 15 is 0 Å². The molecule has 30 heavy (non-hydrogen) atoms. The van der Waals surface area contributed by atoms with Crippen molar-refractivity contribution in [2.75, 3.05) is 27.2 Å². The molecule has 2 aromatic carbocycles. The standard InChI is InChI=1S/C24H30N4OS/c1-17-12-18(2)21-14-20(23(29)26-22(21)13-17)16-28(11-10-27(3)4)24(30)25-15-19-8-6-5-7-9-19/h5-9,12-14H,10-11,15-16H2,1-4H3,(H,25,30)(H,26,29)/p+1. The second-order valence-corrected chi connectivity index (χ2v) is 8.58. The molecule has 5 nitrogen and oxygen atoms in total. The van der Waals surface area contributed by atoms with Gasteiger partial charge in [0.15, 0.2) is 5.11 Å². The van der Waals surface area contributed by atoms with Crippen molar-refractivity contribution in [2.45, 2.75) is 26.9 Å². The van der Waals surface area contributed by atoms with Gasteiger partial charge in [0, 0.05) is 23.0 Å². The molecule has 6 heteroatoms. The molecular formula is C24H31N4OS+. The molecule has 0 amide bonds. The average Bonchev–Trinajstić information content (AvgIpc) is 2.70. The van der Waals surface area contributed by atoms with Gasteiger partial charge in [-0.25, -0.2) is 0 Å². The fourth-order valence-corrected chi connectivity index (χ4v) is 3.76. The largest absolute Gasteiger partial charge is 0.358 e. The number of nitrogens with zero attached hydrogens (tertiary/aromatic N) is 1. The molecular weight excluding hydrogens is 392 g/mol. The fraction of sp³-hybridized carbons (Fsp3) is 0.333. The van der Waals surface area contributed by atoms with Crippen molar-refractivity contribution in [3.63, 3.8) is 0 Å². The third kappa shape index (κ3) is 5.68. The van der Waals surface area contributed by atoms with E-state index in [9.17, 15) is 4.79 Å². The van der Waals surface area contributed by atoms with Crippen LogP contribution in [0.3, 0.4) is 0 Å². The Morgan fingerprint density at radius 3 is 2.57 bits per heavy atom. The van der Waals surface area contributed by atoms with Crippen molar-refractivity contribution in [3.8, 4) is 0 Å². The highest BCUT2D eigenvalue weighted by molar-refractivity contribution is 7.80. The van der Waals surface area contributed by atoms with E-state index in [0.717, 1.165) is 40.7 Å². The first-order valence-electron chi connectivity index (χ1n) is 10.3. The smallest absolute Gasteiger partial charge is 0.253 e. The minimum atomic E-state index is -0.0550. The molecule has 3 N–H and O–H groups in total. The van der Waals surface area contributed by atoms with E-state index in [2.05, 4.69) is 54.4 Å². The molecule has 0 radical (unpaired) electrons. The number of thiocarbonyl (C=S) groups is 1. The number of fused-ring (bicyclic) bond motifs is 1. The molecule has 0 bridgehead atoms. The molecule has 3 rings (SSSR count). The van der Waals surface area contributed by atoms with Crippen LogP contribution in [0.15, 0.2) is 53.3 Å². The van der Waals surface area contributed by atoms with Gasteiger partial charge in [-0.05, 0) is 54.9 Å². The van der Waals surface area contributed by atoms with Gasteiger partial charge in [0.05, 0.1) is 33.7 Å². The first-order valence-corrected chi connectivity index (χ1v) is 10.7. The first kappa shape index (κ1) is 22.0. The van der Waals surface area contributed by atoms with Gasteiger partial charge in [0.25, 0.3) is 5.56 Å². The highest BCUT2D eigenvalue weighted by Gasteiger charge is 2.15. The third-order valence-electron chi connectivity index (χ3n) is 5.21. The van der Waals surface area contributed by atoms with Crippen molar-refractivity contribution >= 4 is 28.2 Å². The number of hydrogen-bond donors (Lipinski definition) is 3. The normalized spacial score (nSPS) is 11.1. The number of nitrogens with one attached hydrogen (secondary N) is 3. The van der Waals surface area contributed by atoms with Crippen LogP contribution in [-0.4, -0.2) is 42.2 Å². The Kier molecular flexibility index (Phi) is 7.24. The van der Waals surface area contributed by atoms with E-state index in [1.807, 2.05) is 37.3 Å². The molecule has 0 aliphatic heterocycles. The number of quaternary nitrogens is 1. The predicted octanol–water partition coefficient (Wildman–Crippen LogP) is 2.17. The highest BCUT2D eigenvalue weighted by Crippen LogP contribution is 2.19. The number of aryl methyl sites for hydroxylation is 2. The second-order valence-electron chi connectivity index (χ2n) is 8.19. The van der Waals surface area contributed by atoms with E-state index in [4.69, 9.17) is 12.2 Å². The summed E-state index contributed by atoms with van der Waals surface area (Å²) in [7, 11) is 4.24. The van der Waals surface area contributed by atoms with Crippen LogP contribution in [0.4, 0.5) is 0 Å². The maximum absolute atomic E-state index is 12.8. The summed E-state index contributed by atoms with van der Waals surface area (Å²) in [5.74, 6) is 0. The van der Waals surface area contributed by atoms with Gasteiger partial charge < -0.3 is 20.1 Å². The van der Waals surface area contributed by atoms with Crippen molar-refractivity contribution in [1.82, 2.24) is 15.2 Å². The van der Waals surface area contributed by atoms with Gasteiger partial charge in [-0.2, -0.15) is 0 Å². The van der Waals surface area contributed by atoms with Gasteiger partial charge in [-0.15, -0.1) is 0 Å². The quantitative estimate of drug-likeness (QED) is 0.510. The number of benzene rings is 2. The average molecular weight is 424 g/mol. The summed E-state index contributed by atoms with van der Waals surface area (Å²) >= 11 is 5.70. The molecule has 1 aromatic heterocycles. The van der Waals surface area contributed by atoms with Crippen LogP contribution < -0.4 is 15.8 Å². The van der Waals surface area contributed by atoms with Gasteiger partial charge in [0.2, 0.25) is 0 Å². The van der Waals surface area contributed by atoms with E-state index < -0.39 is 0 Å². The lowest BCUT2D eigenvalue weighted by molar-refractivity contribution is -0.857. The first-order chi connectivity index (χ1) is 14.3. The molecule has 0 aliphatic rings. The third-order valence-corrected chi connectivity index (χ3v) is 5.61. The van der Waals surface area contributed by atoms with Crippen molar-refractivity contribution < 1.29 is 4.90 Å². The minimum Gasteiger partial charge on any atom is -0.358 e. The summed E-state index contributed by atoms with van der Waals surface area (Å²) in [6.45, 7) is 6.96. The molecule has 1 heterocycles. The molecule has 3 aromatic rings. The Bertz CT molecular complexity index is 1080. The number of hydrogen-bond acceptors (Lipinski definition) is 2. The minimum absolute atomic E-state index is 0.0550. The molecule has 0 saturated carbocycles. The summed E-state index contributed by atoms with van der Waals surface area (Å²) in [5.41, 5.74) is 5.04. The number of aromatic amines is 1. The zero-order chi connectivity index (χ0) is 21.7. The maximum Gasteiger partial charge on any atom is 0.253 e. The number of H-pyrrole nitrogens is 1. The lowest BCUT2D eigenvalue weighted by atomic mass is 10.0. The summed E-state index contributed by atoms with van der Waals surface area (Å²) < 4.78 is 0. The van der Waals surface area contributed by atoms with Crippen molar-refractivity contribution in [1.29, 1.82) is 0 Å². The van der Waals surface area contributed by atoms with Crippen LogP contribution in [0, 0.1) is 13.8 Å². The van der Waals surface area contributed by atoms with Crippen LogP contribution in [0.5, 0.6) is 0 Å². The SMILES string of the molecule is Cc1cc(C)c2cc(CN(CC[NH+](C)C)C(=S)NCc3ccccc3)c(=O)[nH]c2c1. The summed E-state index contributed by atoms with van der Waals surface area (Å²) in [6.07, 6.45) is 0. The summed E-state index contributed by atoms with van der Waals surface area (Å²) in [4.78, 5) is 19.3. The zero-order valence-electron chi connectivity index (χ0n) is 18.2. The lowest BCUT2D eigenvalue weighted by Gasteiger charge is -2.26. The van der Waals surface area contributed by atoms with Gasteiger partial charge >= 0.3 is 0 Å². The molecule has 0 fully saturated rings. The molecule has 0 saturated heterocycles.